The number of aromatic hydroxyl groups is 1. The zero-order chi connectivity index (χ0) is 22.7. The van der Waals surface area contributed by atoms with E-state index in [1.807, 2.05) is 0 Å². The number of amides is 4. The van der Waals surface area contributed by atoms with Crippen LogP contribution in [0.2, 0.25) is 0 Å². The van der Waals surface area contributed by atoms with Gasteiger partial charge in [0.05, 0.1) is 7.11 Å². The molecule has 3 atom stereocenters. The number of piperidine rings is 1. The second-order valence-electron chi connectivity index (χ2n) is 8.03. The van der Waals surface area contributed by atoms with Crippen LogP contribution in [0.4, 0.5) is 10.5 Å². The van der Waals surface area contributed by atoms with Crippen molar-refractivity contribution in [1.29, 1.82) is 0 Å². The number of nitrogens with one attached hydrogen (secondary N) is 3. The molecular weight excluding hydrogens is 412 g/mol. The third-order valence-electron chi connectivity index (χ3n) is 5.86. The third-order valence-corrected chi connectivity index (χ3v) is 5.86. The molecule has 2 aliphatic rings. The van der Waals surface area contributed by atoms with Gasteiger partial charge in [0.25, 0.3) is 0 Å². The molecule has 32 heavy (non-hydrogen) atoms. The van der Waals surface area contributed by atoms with Gasteiger partial charge in [-0.25, -0.2) is 4.79 Å². The average Bonchev–Trinajstić information content (AvgIpc) is 2.79. The van der Waals surface area contributed by atoms with E-state index in [4.69, 9.17) is 4.74 Å². The molecule has 0 bridgehead atoms. The summed E-state index contributed by atoms with van der Waals surface area (Å²) in [6.45, 7) is 0.399. The highest BCUT2D eigenvalue weighted by Gasteiger charge is 2.44. The highest BCUT2D eigenvalue weighted by Crippen LogP contribution is 2.24. The highest BCUT2D eigenvalue weighted by atomic mass is 16.5. The lowest BCUT2D eigenvalue weighted by atomic mass is 9.91. The van der Waals surface area contributed by atoms with E-state index >= 15 is 0 Å². The first-order valence-electron chi connectivity index (χ1n) is 10.5. The number of nitrogens with zero attached hydrogens (tertiary/aromatic N) is 1. The number of hydrogen-bond donors (Lipinski definition) is 4. The zero-order valence-electron chi connectivity index (χ0n) is 17.7. The molecule has 9 heteroatoms. The Labute approximate surface area is 185 Å². The van der Waals surface area contributed by atoms with Gasteiger partial charge in [0.2, 0.25) is 11.8 Å². The topological polar surface area (TPSA) is 120 Å². The van der Waals surface area contributed by atoms with Gasteiger partial charge in [0, 0.05) is 24.7 Å². The van der Waals surface area contributed by atoms with Crippen LogP contribution in [0.3, 0.4) is 0 Å². The van der Waals surface area contributed by atoms with Gasteiger partial charge in [-0.1, -0.05) is 12.1 Å². The van der Waals surface area contributed by atoms with Gasteiger partial charge in [-0.3, -0.25) is 9.59 Å². The van der Waals surface area contributed by atoms with Crippen molar-refractivity contribution in [3.8, 4) is 11.5 Å². The first-order chi connectivity index (χ1) is 15.4. The maximum atomic E-state index is 13.0. The van der Waals surface area contributed by atoms with Gasteiger partial charge in [0.1, 0.15) is 23.6 Å². The summed E-state index contributed by atoms with van der Waals surface area (Å²) in [6.07, 6.45) is 1.29. The fraction of sp³-hybridized carbons (Fsp3) is 0.348. The Bertz CT molecular complexity index is 992. The van der Waals surface area contributed by atoms with E-state index in [0.29, 0.717) is 37.2 Å². The summed E-state index contributed by atoms with van der Waals surface area (Å²) in [4.78, 5) is 39.7. The molecule has 4 amide bonds. The molecule has 2 fully saturated rings. The van der Waals surface area contributed by atoms with Crippen LogP contribution in [0.15, 0.2) is 48.5 Å². The summed E-state index contributed by atoms with van der Waals surface area (Å²) in [5.41, 5.74) is 1.48. The van der Waals surface area contributed by atoms with Crippen LogP contribution < -0.4 is 20.7 Å². The van der Waals surface area contributed by atoms with Gasteiger partial charge < -0.3 is 30.7 Å². The number of urea groups is 1. The van der Waals surface area contributed by atoms with Crippen LogP contribution in [0.25, 0.3) is 0 Å². The van der Waals surface area contributed by atoms with Crippen molar-refractivity contribution in [2.45, 2.75) is 37.4 Å². The minimum absolute atomic E-state index is 0.121. The number of rotatable bonds is 5. The summed E-state index contributed by atoms with van der Waals surface area (Å²) in [5, 5.41) is 17.9. The smallest absolute Gasteiger partial charge is 0.319 e. The first kappa shape index (κ1) is 21.5. The molecule has 0 saturated carbocycles. The van der Waals surface area contributed by atoms with E-state index in [9.17, 15) is 19.5 Å². The molecule has 0 radical (unpaired) electrons. The largest absolute Gasteiger partial charge is 0.508 e. The van der Waals surface area contributed by atoms with Gasteiger partial charge in [-0.05, 0) is 54.8 Å². The van der Waals surface area contributed by atoms with E-state index in [1.165, 1.54) is 0 Å². The number of anilines is 1. The first-order valence-corrected chi connectivity index (χ1v) is 10.5. The number of hydrogen-bond acceptors (Lipinski definition) is 5. The lowest BCUT2D eigenvalue weighted by Crippen LogP contribution is -2.67. The molecule has 4 N–H and O–H groups in total. The third kappa shape index (κ3) is 4.77. The van der Waals surface area contributed by atoms with Crippen molar-refractivity contribution in [2.24, 2.45) is 0 Å². The quantitative estimate of drug-likeness (QED) is 0.566. The molecule has 2 heterocycles. The van der Waals surface area contributed by atoms with Crippen molar-refractivity contribution in [2.75, 3.05) is 19.0 Å². The Morgan fingerprint density at radius 3 is 2.56 bits per heavy atom. The molecule has 2 aliphatic heterocycles. The SMILES string of the molecule is COc1ccc(NC(=O)N[C@H]2CCN3C(=O)[C@@H](Cc4ccc(O)cc4)NC(=O)[C@@H]3C2)cc1. The Kier molecular flexibility index (Phi) is 6.16. The number of phenolic OH excluding ortho intramolecular Hbond substituents is 1. The highest BCUT2D eigenvalue weighted by molar-refractivity contribution is 5.97. The van der Waals surface area contributed by atoms with Crippen LogP contribution in [0.1, 0.15) is 18.4 Å². The fourth-order valence-corrected chi connectivity index (χ4v) is 4.17. The number of ether oxygens (including phenoxy) is 1. The van der Waals surface area contributed by atoms with Gasteiger partial charge in [-0.2, -0.15) is 0 Å². The summed E-state index contributed by atoms with van der Waals surface area (Å²) in [6, 6.07) is 11.7. The van der Waals surface area contributed by atoms with Gasteiger partial charge in [0.15, 0.2) is 0 Å². The Morgan fingerprint density at radius 2 is 1.88 bits per heavy atom. The van der Waals surface area contributed by atoms with E-state index in [2.05, 4.69) is 16.0 Å². The number of methoxy groups -OCH3 is 1. The Hall–Kier alpha value is -3.75. The molecule has 9 nitrogen and oxygen atoms in total. The Morgan fingerprint density at radius 1 is 1.16 bits per heavy atom. The molecule has 0 unspecified atom stereocenters. The van der Waals surface area contributed by atoms with Crippen LogP contribution >= 0.6 is 0 Å². The maximum Gasteiger partial charge on any atom is 0.319 e. The summed E-state index contributed by atoms with van der Waals surface area (Å²) >= 11 is 0. The molecule has 2 aromatic carbocycles. The monoisotopic (exact) mass is 438 g/mol. The second-order valence-corrected chi connectivity index (χ2v) is 8.03. The van der Waals surface area contributed by atoms with Crippen LogP contribution in [0, 0.1) is 0 Å². The summed E-state index contributed by atoms with van der Waals surface area (Å²) in [7, 11) is 1.57. The predicted molar refractivity (Wildman–Crippen MR) is 117 cm³/mol. The number of fused-ring (bicyclic) bond motifs is 1. The predicted octanol–water partition coefficient (Wildman–Crippen LogP) is 1.62. The lowest BCUT2D eigenvalue weighted by Gasteiger charge is -2.44. The normalized spacial score (nSPS) is 22.5. The van der Waals surface area contributed by atoms with E-state index in [0.717, 1.165) is 5.56 Å². The molecule has 0 aromatic heterocycles. The fourth-order valence-electron chi connectivity index (χ4n) is 4.17. The number of carbonyl (C=O) groups is 3. The zero-order valence-corrected chi connectivity index (χ0v) is 17.7. The summed E-state index contributed by atoms with van der Waals surface area (Å²) in [5.74, 6) is 0.512. The molecular formula is C23H26N4O5. The van der Waals surface area contributed by atoms with Gasteiger partial charge in [-0.15, -0.1) is 0 Å². The molecule has 2 aromatic rings. The van der Waals surface area contributed by atoms with E-state index in [-0.39, 0.29) is 29.6 Å². The number of phenols is 1. The van der Waals surface area contributed by atoms with Gasteiger partial charge >= 0.3 is 6.03 Å². The van der Waals surface area contributed by atoms with Crippen molar-refractivity contribution in [3.05, 3.63) is 54.1 Å². The van der Waals surface area contributed by atoms with Crippen molar-refractivity contribution in [3.63, 3.8) is 0 Å². The van der Waals surface area contributed by atoms with E-state index < -0.39 is 12.1 Å². The van der Waals surface area contributed by atoms with Crippen molar-refractivity contribution < 1.29 is 24.2 Å². The molecule has 4 rings (SSSR count). The molecule has 0 aliphatic carbocycles. The summed E-state index contributed by atoms with van der Waals surface area (Å²) < 4.78 is 5.10. The molecule has 2 saturated heterocycles. The van der Waals surface area contributed by atoms with Crippen molar-refractivity contribution >= 4 is 23.5 Å². The number of carbonyl (C=O) groups excluding carboxylic acids is 3. The van der Waals surface area contributed by atoms with Crippen molar-refractivity contribution in [1.82, 2.24) is 15.5 Å². The van der Waals surface area contributed by atoms with E-state index in [1.54, 1.807) is 60.5 Å². The minimum Gasteiger partial charge on any atom is -0.508 e. The molecule has 0 spiro atoms. The van der Waals surface area contributed by atoms with Crippen LogP contribution in [-0.2, 0) is 16.0 Å². The lowest BCUT2D eigenvalue weighted by molar-refractivity contribution is -0.151. The maximum absolute atomic E-state index is 13.0. The second kappa shape index (κ2) is 9.17. The standard InChI is InChI=1S/C23H26N4O5/c1-32-18-8-4-15(5-9-18)24-23(31)25-16-10-11-27-20(13-16)21(29)26-19(22(27)30)12-14-2-6-17(28)7-3-14/h2-9,16,19-20,28H,10-13H2,1H3,(H,26,29)(H2,24,25,31)/t16-,19+,20-/m0/s1. The average molecular weight is 438 g/mol. The van der Waals surface area contributed by atoms with Crippen LogP contribution in [0.5, 0.6) is 11.5 Å². The molecule has 168 valence electrons. The number of benzene rings is 2. The van der Waals surface area contributed by atoms with Crippen LogP contribution in [-0.4, -0.2) is 59.6 Å². The minimum atomic E-state index is -0.633. The Balaban J connectivity index is 1.33. The number of piperazine rings is 1.